The molecule has 9 nitrogen and oxygen atoms in total. The molecule has 0 saturated carbocycles. The van der Waals surface area contributed by atoms with Crippen LogP contribution < -0.4 is 15.8 Å². The van der Waals surface area contributed by atoms with Crippen LogP contribution in [0.25, 0.3) is 11.2 Å². The van der Waals surface area contributed by atoms with E-state index in [2.05, 4.69) is 25.1 Å². The van der Waals surface area contributed by atoms with Crippen LogP contribution in [0.4, 0.5) is 10.1 Å². The molecule has 2 aliphatic heterocycles. The van der Waals surface area contributed by atoms with Crippen LogP contribution >= 0.6 is 0 Å². The molecule has 1 aromatic carbocycles. The van der Waals surface area contributed by atoms with E-state index in [9.17, 15) is 14.0 Å². The third kappa shape index (κ3) is 5.37. The van der Waals surface area contributed by atoms with Gasteiger partial charge in [-0.05, 0) is 50.1 Å². The van der Waals surface area contributed by atoms with Crippen LogP contribution in [0.5, 0.6) is 0 Å². The number of hydrogen-bond donors (Lipinski definition) is 1. The summed E-state index contributed by atoms with van der Waals surface area (Å²) in [6.45, 7) is 5.89. The number of rotatable bonds is 7. The molecule has 0 bridgehead atoms. The Labute approximate surface area is 203 Å². The molecule has 0 atom stereocenters. The molecule has 5 rings (SSSR count). The van der Waals surface area contributed by atoms with Crippen molar-refractivity contribution in [2.24, 2.45) is 0 Å². The van der Waals surface area contributed by atoms with E-state index in [0.717, 1.165) is 82.9 Å². The van der Waals surface area contributed by atoms with Crippen molar-refractivity contribution in [3.05, 3.63) is 52.6 Å². The van der Waals surface area contributed by atoms with E-state index >= 15 is 0 Å². The third-order valence-corrected chi connectivity index (χ3v) is 6.94. The van der Waals surface area contributed by atoms with Crippen molar-refractivity contribution >= 4 is 22.8 Å². The number of amides is 1. The van der Waals surface area contributed by atoms with E-state index in [4.69, 9.17) is 0 Å². The first-order chi connectivity index (χ1) is 17.1. The molecule has 2 aliphatic rings. The molecular weight excluding hydrogens is 449 g/mol. The number of aryl methyl sites for hydroxylation is 2. The van der Waals surface area contributed by atoms with E-state index in [-0.39, 0.29) is 23.8 Å². The monoisotopic (exact) mass is 481 g/mol. The average molecular weight is 482 g/mol. The van der Waals surface area contributed by atoms with Gasteiger partial charge in [0.1, 0.15) is 24.5 Å². The molecule has 0 aliphatic carbocycles. The van der Waals surface area contributed by atoms with Crippen LogP contribution in [-0.2, 0) is 24.3 Å². The normalized spacial score (nSPS) is 16.8. The second kappa shape index (κ2) is 10.6. The van der Waals surface area contributed by atoms with Crippen LogP contribution in [-0.4, -0.2) is 69.2 Å². The van der Waals surface area contributed by atoms with Crippen LogP contribution in [0.2, 0.25) is 0 Å². The highest BCUT2D eigenvalue weighted by atomic mass is 19.1. The molecule has 10 heteroatoms. The number of aromatic nitrogens is 4. The molecule has 1 saturated heterocycles. The zero-order valence-corrected chi connectivity index (χ0v) is 20.0. The zero-order chi connectivity index (χ0) is 24.2. The lowest BCUT2D eigenvalue weighted by Crippen LogP contribution is -2.47. The highest BCUT2D eigenvalue weighted by Gasteiger charge is 2.19. The molecule has 35 heavy (non-hydrogen) atoms. The quantitative estimate of drug-likeness (QED) is 0.518. The van der Waals surface area contributed by atoms with E-state index in [1.165, 1.54) is 23.0 Å². The number of halogens is 1. The van der Waals surface area contributed by atoms with Crippen LogP contribution in [0.1, 0.15) is 31.5 Å². The van der Waals surface area contributed by atoms with Gasteiger partial charge in [-0.15, -0.1) is 0 Å². The van der Waals surface area contributed by atoms with Crippen LogP contribution in [0.3, 0.4) is 0 Å². The number of nitrogens with one attached hydrogen (secondary N) is 1. The number of carbonyl (C=O) groups is 1. The van der Waals surface area contributed by atoms with Gasteiger partial charge in [0.25, 0.3) is 5.56 Å². The van der Waals surface area contributed by atoms with E-state index < -0.39 is 0 Å². The Morgan fingerprint density at radius 2 is 1.83 bits per heavy atom. The lowest BCUT2D eigenvalue weighted by Gasteiger charge is -2.36. The van der Waals surface area contributed by atoms with Crippen molar-refractivity contribution in [1.82, 2.24) is 29.3 Å². The Bertz CT molecular complexity index is 1230. The Hall–Kier alpha value is -3.27. The van der Waals surface area contributed by atoms with Crippen LogP contribution in [0, 0.1) is 5.82 Å². The molecule has 1 amide bonds. The maximum Gasteiger partial charge on any atom is 0.282 e. The SMILES string of the molecule is O=C(Cn1cnc2c(nc3n2CCCCC3)c1=O)NCCCN1CCN(c2ccc(F)cc2)CC1. The van der Waals surface area contributed by atoms with Gasteiger partial charge >= 0.3 is 0 Å². The minimum atomic E-state index is -0.259. The minimum absolute atomic E-state index is 0.0552. The number of benzene rings is 1. The van der Waals surface area contributed by atoms with Crippen molar-refractivity contribution in [1.29, 1.82) is 0 Å². The Balaban J connectivity index is 1.07. The third-order valence-electron chi connectivity index (χ3n) is 6.94. The summed E-state index contributed by atoms with van der Waals surface area (Å²) >= 11 is 0. The second-order valence-electron chi connectivity index (χ2n) is 9.35. The largest absolute Gasteiger partial charge is 0.369 e. The summed E-state index contributed by atoms with van der Waals surface area (Å²) in [4.78, 5) is 39.0. The highest BCUT2D eigenvalue weighted by Crippen LogP contribution is 2.19. The minimum Gasteiger partial charge on any atom is -0.369 e. The molecule has 2 aromatic heterocycles. The maximum atomic E-state index is 13.1. The second-order valence-corrected chi connectivity index (χ2v) is 9.35. The average Bonchev–Trinajstić information content (AvgIpc) is 3.06. The van der Waals surface area contributed by atoms with Gasteiger partial charge in [-0.1, -0.05) is 6.42 Å². The first-order valence-electron chi connectivity index (χ1n) is 12.5. The predicted molar refractivity (Wildman–Crippen MR) is 132 cm³/mol. The molecule has 0 unspecified atom stereocenters. The molecule has 186 valence electrons. The summed E-state index contributed by atoms with van der Waals surface area (Å²) in [7, 11) is 0. The summed E-state index contributed by atoms with van der Waals surface area (Å²) in [5, 5.41) is 2.92. The summed E-state index contributed by atoms with van der Waals surface area (Å²) < 4.78 is 16.5. The van der Waals surface area contributed by atoms with Gasteiger partial charge in [-0.25, -0.2) is 14.4 Å². The zero-order valence-electron chi connectivity index (χ0n) is 20.0. The number of carbonyl (C=O) groups excluding carboxylic acids is 1. The van der Waals surface area contributed by atoms with Crippen molar-refractivity contribution < 1.29 is 9.18 Å². The highest BCUT2D eigenvalue weighted by molar-refractivity contribution is 5.76. The fourth-order valence-electron chi connectivity index (χ4n) is 4.97. The summed E-state index contributed by atoms with van der Waals surface area (Å²) in [6, 6.07) is 6.63. The van der Waals surface area contributed by atoms with E-state index in [0.29, 0.717) is 17.7 Å². The van der Waals surface area contributed by atoms with Gasteiger partial charge in [0.05, 0.1) is 0 Å². The molecule has 0 radical (unpaired) electrons. The summed E-state index contributed by atoms with van der Waals surface area (Å²) in [5.74, 6) is 0.504. The number of fused-ring (bicyclic) bond motifs is 3. The standard InChI is InChI=1S/C25H32FN7O2/c26-19-6-8-20(9-7-19)31-15-13-30(14-16-31)11-4-10-27-22(34)17-32-18-28-24-23(25(32)35)29-21-5-2-1-3-12-33(21)24/h6-9,18H,1-5,10-17H2,(H,27,34). The van der Waals surface area contributed by atoms with Gasteiger partial charge in [0, 0.05) is 51.4 Å². The first-order valence-corrected chi connectivity index (χ1v) is 12.5. The molecule has 1 N–H and O–H groups in total. The Kier molecular flexibility index (Phi) is 7.08. The predicted octanol–water partition coefficient (Wildman–Crippen LogP) is 1.79. The molecule has 3 aromatic rings. The smallest absolute Gasteiger partial charge is 0.282 e. The van der Waals surface area contributed by atoms with Gasteiger partial charge in [0.2, 0.25) is 5.91 Å². The van der Waals surface area contributed by atoms with Crippen molar-refractivity contribution in [3.63, 3.8) is 0 Å². The number of anilines is 1. The van der Waals surface area contributed by atoms with Gasteiger partial charge in [-0.2, -0.15) is 0 Å². The van der Waals surface area contributed by atoms with E-state index in [1.54, 1.807) is 0 Å². The lowest BCUT2D eigenvalue weighted by molar-refractivity contribution is -0.121. The summed E-state index contributed by atoms with van der Waals surface area (Å²) in [5.41, 5.74) is 1.78. The van der Waals surface area contributed by atoms with Gasteiger partial charge in [0.15, 0.2) is 11.2 Å². The number of hydrogen-bond acceptors (Lipinski definition) is 6. The fraction of sp³-hybridized carbons (Fsp3) is 0.520. The molecule has 1 fully saturated rings. The topological polar surface area (TPSA) is 88.3 Å². The van der Waals surface area contributed by atoms with Crippen molar-refractivity contribution in [2.75, 3.05) is 44.2 Å². The lowest BCUT2D eigenvalue weighted by atomic mass is 10.2. The van der Waals surface area contributed by atoms with Gasteiger partial charge in [-0.3, -0.25) is 19.1 Å². The molecule has 0 spiro atoms. The van der Waals surface area contributed by atoms with Crippen molar-refractivity contribution in [2.45, 2.75) is 45.2 Å². The van der Waals surface area contributed by atoms with Gasteiger partial charge < -0.3 is 14.8 Å². The first kappa shape index (κ1) is 23.5. The van der Waals surface area contributed by atoms with E-state index in [1.807, 2.05) is 16.7 Å². The maximum absolute atomic E-state index is 13.1. The van der Waals surface area contributed by atoms with Crippen LogP contribution in [0.15, 0.2) is 35.4 Å². The Morgan fingerprint density at radius 1 is 1.03 bits per heavy atom. The Morgan fingerprint density at radius 3 is 2.63 bits per heavy atom. The number of imidazole rings is 1. The number of piperazine rings is 1. The van der Waals surface area contributed by atoms with Crippen molar-refractivity contribution in [3.8, 4) is 0 Å². The number of nitrogens with zero attached hydrogens (tertiary/aromatic N) is 6. The summed E-state index contributed by atoms with van der Waals surface area (Å²) in [6.07, 6.45) is 6.46. The fourth-order valence-corrected chi connectivity index (χ4v) is 4.97. The molecular formula is C25H32FN7O2. The molecule has 4 heterocycles.